The summed E-state index contributed by atoms with van der Waals surface area (Å²) in [7, 11) is 0. The maximum atomic E-state index is 12.6. The van der Waals surface area contributed by atoms with Crippen LogP contribution in [-0.2, 0) is 9.59 Å². The fourth-order valence-corrected chi connectivity index (χ4v) is 4.29. The minimum atomic E-state index is -0.960. The second-order valence-electron chi connectivity index (χ2n) is 6.03. The van der Waals surface area contributed by atoms with Gasteiger partial charge in [-0.2, -0.15) is 0 Å². The highest BCUT2D eigenvalue weighted by atomic mass is 35.5. The number of amides is 1. The van der Waals surface area contributed by atoms with Crippen molar-refractivity contribution in [3.05, 3.63) is 45.3 Å². The number of rotatable bonds is 4. The number of benzene rings is 1. The number of carbonyl (C=O) groups excluding carboxylic acids is 1. The van der Waals surface area contributed by atoms with Gasteiger partial charge in [0.2, 0.25) is 5.91 Å². The van der Waals surface area contributed by atoms with Crippen LogP contribution >= 0.6 is 34.5 Å². The van der Waals surface area contributed by atoms with E-state index in [-0.39, 0.29) is 5.91 Å². The molecule has 0 spiro atoms. The molecule has 8 heteroatoms. The lowest BCUT2D eigenvalue weighted by molar-refractivity contribution is -0.146. The van der Waals surface area contributed by atoms with Crippen LogP contribution in [0.3, 0.4) is 0 Å². The lowest BCUT2D eigenvalue weighted by Crippen LogP contribution is -2.34. The first-order valence-electron chi connectivity index (χ1n) is 7.98. The van der Waals surface area contributed by atoms with Gasteiger partial charge >= 0.3 is 5.97 Å². The molecule has 136 valence electrons. The second kappa shape index (κ2) is 7.78. The Morgan fingerprint density at radius 2 is 1.92 bits per heavy atom. The Balaban J connectivity index is 1.82. The molecule has 2 aromatic rings. The summed E-state index contributed by atoms with van der Waals surface area (Å²) in [6, 6.07) is 5.15. The van der Waals surface area contributed by atoms with Crippen molar-refractivity contribution in [3.63, 3.8) is 0 Å². The topological polar surface area (TPSA) is 79.3 Å². The number of aromatic nitrogens is 1. The molecule has 1 aromatic carbocycles. The van der Waals surface area contributed by atoms with Crippen molar-refractivity contribution in [2.45, 2.75) is 19.8 Å². The number of carboxylic acid groups (broad SMARTS) is 1. The number of nitrogens with zero attached hydrogens (tertiary/aromatic N) is 1. The molecule has 0 radical (unpaired) electrons. The molecule has 2 N–H and O–H groups in total. The lowest BCUT2D eigenvalue weighted by Gasteiger charge is -2.23. The van der Waals surface area contributed by atoms with Gasteiger partial charge in [-0.05, 0) is 38.0 Å². The van der Waals surface area contributed by atoms with Crippen LogP contribution in [0.15, 0.2) is 30.4 Å². The van der Waals surface area contributed by atoms with Crippen molar-refractivity contribution in [2.75, 3.05) is 5.32 Å². The fourth-order valence-electron chi connectivity index (χ4n) is 2.96. The van der Waals surface area contributed by atoms with E-state index in [0.717, 1.165) is 10.4 Å². The Morgan fingerprint density at radius 3 is 2.58 bits per heavy atom. The maximum absolute atomic E-state index is 12.6. The molecule has 1 amide bonds. The van der Waals surface area contributed by atoms with Crippen molar-refractivity contribution in [2.24, 2.45) is 11.8 Å². The first-order valence-corrected chi connectivity index (χ1v) is 9.55. The number of hydrogen-bond acceptors (Lipinski definition) is 4. The van der Waals surface area contributed by atoms with Gasteiger partial charge in [-0.25, -0.2) is 4.98 Å². The number of carbonyl (C=O) groups is 2. The number of thiazole rings is 1. The molecule has 0 saturated carbocycles. The lowest BCUT2D eigenvalue weighted by atomic mass is 9.82. The number of halogens is 2. The van der Waals surface area contributed by atoms with Crippen molar-refractivity contribution in [3.8, 4) is 11.3 Å². The van der Waals surface area contributed by atoms with Crippen LogP contribution in [0.2, 0.25) is 10.0 Å². The molecule has 3 rings (SSSR count). The van der Waals surface area contributed by atoms with Crippen molar-refractivity contribution in [1.82, 2.24) is 4.98 Å². The van der Waals surface area contributed by atoms with Crippen LogP contribution in [0.25, 0.3) is 11.3 Å². The van der Waals surface area contributed by atoms with E-state index in [2.05, 4.69) is 10.3 Å². The third-order valence-corrected chi connectivity index (χ3v) is 5.73. The highest BCUT2D eigenvalue weighted by molar-refractivity contribution is 7.16. The van der Waals surface area contributed by atoms with E-state index in [9.17, 15) is 14.7 Å². The predicted molar refractivity (Wildman–Crippen MR) is 104 cm³/mol. The summed E-state index contributed by atoms with van der Waals surface area (Å²) in [5.74, 6) is -2.61. The van der Waals surface area contributed by atoms with Crippen LogP contribution < -0.4 is 5.32 Å². The zero-order chi connectivity index (χ0) is 18.8. The summed E-state index contributed by atoms with van der Waals surface area (Å²) in [5, 5.41) is 13.5. The average Bonchev–Trinajstić information content (AvgIpc) is 2.94. The molecule has 0 aliphatic heterocycles. The van der Waals surface area contributed by atoms with E-state index in [1.807, 2.05) is 13.0 Å². The van der Waals surface area contributed by atoms with E-state index in [0.29, 0.717) is 33.7 Å². The molecular weight excluding hydrogens is 395 g/mol. The van der Waals surface area contributed by atoms with Crippen LogP contribution in [0.1, 0.15) is 17.7 Å². The molecule has 26 heavy (non-hydrogen) atoms. The number of allylic oxidation sites excluding steroid dienone is 2. The smallest absolute Gasteiger partial charge is 0.307 e. The second-order valence-corrected chi connectivity index (χ2v) is 8.08. The largest absolute Gasteiger partial charge is 0.481 e. The van der Waals surface area contributed by atoms with Gasteiger partial charge in [0.15, 0.2) is 5.13 Å². The maximum Gasteiger partial charge on any atom is 0.307 e. The third kappa shape index (κ3) is 3.92. The first kappa shape index (κ1) is 18.9. The number of aliphatic carboxylic acids is 1. The van der Waals surface area contributed by atoms with Gasteiger partial charge in [0.25, 0.3) is 0 Å². The molecule has 0 fully saturated rings. The van der Waals surface area contributed by atoms with Crippen molar-refractivity contribution in [1.29, 1.82) is 0 Å². The highest BCUT2D eigenvalue weighted by Gasteiger charge is 2.34. The van der Waals surface area contributed by atoms with Gasteiger partial charge in [0, 0.05) is 15.5 Å². The molecule has 1 heterocycles. The Labute approximate surface area is 164 Å². The van der Waals surface area contributed by atoms with Crippen LogP contribution in [0.5, 0.6) is 0 Å². The molecule has 2 atom stereocenters. The normalized spacial score (nSPS) is 19.3. The molecular formula is C18H16Cl2N2O3S. The number of aryl methyl sites for hydroxylation is 1. The SMILES string of the molecule is Cc1sc(NC(=O)[C@H]2CC=CC[C@H]2C(=O)O)nc1-c1ccc(Cl)cc1Cl. The first-order chi connectivity index (χ1) is 12.4. The Morgan fingerprint density at radius 1 is 1.23 bits per heavy atom. The molecule has 0 bridgehead atoms. The van der Waals surface area contributed by atoms with E-state index in [1.165, 1.54) is 11.3 Å². The Hall–Kier alpha value is -1.89. The Bertz CT molecular complexity index is 895. The van der Waals surface area contributed by atoms with Gasteiger partial charge in [-0.15, -0.1) is 11.3 Å². The van der Waals surface area contributed by atoms with E-state index in [4.69, 9.17) is 23.2 Å². The average molecular weight is 411 g/mol. The molecule has 0 saturated heterocycles. The van der Waals surface area contributed by atoms with Crippen LogP contribution in [0, 0.1) is 18.8 Å². The summed E-state index contributed by atoms with van der Waals surface area (Å²) >= 11 is 13.5. The van der Waals surface area contributed by atoms with E-state index in [1.54, 1.807) is 24.3 Å². The molecule has 5 nitrogen and oxygen atoms in total. The fraction of sp³-hybridized carbons (Fsp3) is 0.278. The molecule has 1 aliphatic rings. The van der Waals surface area contributed by atoms with E-state index >= 15 is 0 Å². The van der Waals surface area contributed by atoms with Gasteiger partial charge in [-0.3, -0.25) is 9.59 Å². The number of hydrogen-bond donors (Lipinski definition) is 2. The zero-order valence-corrected chi connectivity index (χ0v) is 16.2. The van der Waals surface area contributed by atoms with Crippen molar-refractivity contribution < 1.29 is 14.7 Å². The van der Waals surface area contributed by atoms with Crippen LogP contribution in [-0.4, -0.2) is 22.0 Å². The highest BCUT2D eigenvalue weighted by Crippen LogP contribution is 2.36. The summed E-state index contributed by atoms with van der Waals surface area (Å²) < 4.78 is 0. The Kier molecular flexibility index (Phi) is 5.65. The minimum absolute atomic E-state index is 0.329. The van der Waals surface area contributed by atoms with Crippen LogP contribution in [0.4, 0.5) is 5.13 Å². The summed E-state index contributed by atoms with van der Waals surface area (Å²) in [5.41, 5.74) is 1.40. The number of nitrogens with one attached hydrogen (secondary N) is 1. The standard InChI is InChI=1S/C18H16Cl2N2O3S/c1-9-15(13-7-6-10(19)8-14(13)20)21-18(26-9)22-16(23)11-4-2-3-5-12(11)17(24)25/h2-3,6-8,11-12H,4-5H2,1H3,(H,24,25)(H,21,22,23)/t11-,12+/m0/s1. The molecule has 1 aromatic heterocycles. The summed E-state index contributed by atoms with van der Waals surface area (Å²) in [6.07, 6.45) is 4.41. The number of carboxylic acids is 1. The predicted octanol–water partition coefficient (Wildman–Crippen LogP) is 5.03. The number of anilines is 1. The van der Waals surface area contributed by atoms with Gasteiger partial charge in [0.05, 0.1) is 22.6 Å². The van der Waals surface area contributed by atoms with E-state index < -0.39 is 17.8 Å². The summed E-state index contributed by atoms with van der Waals surface area (Å²) in [4.78, 5) is 29.3. The monoisotopic (exact) mass is 410 g/mol. The van der Waals surface area contributed by atoms with Crippen molar-refractivity contribution >= 4 is 51.5 Å². The van der Waals surface area contributed by atoms with Gasteiger partial charge in [0.1, 0.15) is 0 Å². The minimum Gasteiger partial charge on any atom is -0.481 e. The third-order valence-electron chi connectivity index (χ3n) is 4.30. The summed E-state index contributed by atoms with van der Waals surface area (Å²) in [6.45, 7) is 1.89. The van der Waals surface area contributed by atoms with Gasteiger partial charge < -0.3 is 10.4 Å². The zero-order valence-electron chi connectivity index (χ0n) is 13.8. The molecule has 1 aliphatic carbocycles. The molecule has 0 unspecified atom stereocenters. The van der Waals surface area contributed by atoms with Gasteiger partial charge in [-0.1, -0.05) is 35.4 Å². The quantitative estimate of drug-likeness (QED) is 0.692.